The smallest absolute Gasteiger partial charge is 0.187 e. The Kier molecular flexibility index (Phi) is 3.94. The van der Waals surface area contributed by atoms with Crippen molar-refractivity contribution >= 4 is 22.9 Å². The number of nitrogens with zero attached hydrogens (tertiary/aromatic N) is 1. The summed E-state index contributed by atoms with van der Waals surface area (Å²) in [7, 11) is 0. The Bertz CT molecular complexity index is 906. The molecule has 2 aromatic carbocycles. The minimum absolute atomic E-state index is 0.523. The van der Waals surface area contributed by atoms with E-state index >= 15 is 0 Å². The number of halogens is 1. The average Bonchev–Trinajstić information content (AvgIpc) is 2.84. The molecule has 0 saturated heterocycles. The lowest BCUT2D eigenvalue weighted by atomic mass is 10.1. The van der Waals surface area contributed by atoms with Crippen molar-refractivity contribution in [3.63, 3.8) is 0 Å². The third-order valence-electron chi connectivity index (χ3n) is 3.77. The monoisotopic (exact) mass is 328 g/mol. The van der Waals surface area contributed by atoms with Crippen molar-refractivity contribution < 1.29 is 0 Å². The van der Waals surface area contributed by atoms with E-state index in [4.69, 9.17) is 17.0 Å². The molecule has 2 nitrogen and oxygen atoms in total. The van der Waals surface area contributed by atoms with Crippen LogP contribution in [0.3, 0.4) is 0 Å². The fourth-order valence-corrected chi connectivity index (χ4v) is 3.51. The summed E-state index contributed by atoms with van der Waals surface area (Å²) >= 11 is 7.57. The van der Waals surface area contributed by atoms with Crippen LogP contribution in [0.1, 0.15) is 16.7 Å². The van der Waals surface area contributed by atoms with Gasteiger partial charge in [0.15, 0.2) is 4.80 Å². The van der Waals surface area contributed by atoms with E-state index in [1.807, 2.05) is 29.0 Å². The summed E-state index contributed by atoms with van der Waals surface area (Å²) < 4.78 is 2.00. The van der Waals surface area contributed by atoms with Crippen LogP contribution in [0.15, 0.2) is 41.8 Å². The first-order valence-corrected chi connectivity index (χ1v) is 8.32. The molecule has 4 heteroatoms. The first kappa shape index (κ1) is 15.1. The van der Waals surface area contributed by atoms with Crippen molar-refractivity contribution in [2.24, 2.45) is 0 Å². The predicted octanol–water partition coefficient (Wildman–Crippen LogP) is 5.26. The molecule has 3 aromatic rings. The molecule has 3 rings (SSSR count). The van der Waals surface area contributed by atoms with Crippen molar-refractivity contribution in [2.45, 2.75) is 20.8 Å². The van der Waals surface area contributed by atoms with Crippen LogP contribution in [0.25, 0.3) is 16.9 Å². The van der Waals surface area contributed by atoms with E-state index in [-0.39, 0.29) is 0 Å². The van der Waals surface area contributed by atoms with Gasteiger partial charge in [0.2, 0.25) is 0 Å². The first-order valence-electron chi connectivity index (χ1n) is 7.06. The Hall–Kier alpha value is -1.84. The number of rotatable bonds is 2. The lowest BCUT2D eigenvalue weighted by Gasteiger charge is -2.13. The molecule has 1 heterocycles. The first-order chi connectivity index (χ1) is 10.5. The molecule has 0 amide bonds. The van der Waals surface area contributed by atoms with Crippen molar-refractivity contribution in [2.75, 3.05) is 0 Å². The highest BCUT2D eigenvalue weighted by atomic mass is 35.5. The summed E-state index contributed by atoms with van der Waals surface area (Å²) in [6, 6.07) is 12.3. The van der Waals surface area contributed by atoms with Crippen LogP contribution in [0.2, 0.25) is 5.02 Å². The Morgan fingerprint density at radius 2 is 1.77 bits per heavy atom. The molecular weight excluding hydrogens is 312 g/mol. The number of hydrogen-bond donors (Lipinski definition) is 1. The van der Waals surface area contributed by atoms with Crippen molar-refractivity contribution in [1.29, 1.82) is 5.41 Å². The lowest BCUT2D eigenvalue weighted by molar-refractivity contribution is 0.974. The van der Waals surface area contributed by atoms with Crippen LogP contribution in [-0.2, 0) is 0 Å². The minimum atomic E-state index is 0.523. The van der Waals surface area contributed by atoms with E-state index in [2.05, 4.69) is 38.1 Å². The van der Waals surface area contributed by atoms with Crippen LogP contribution in [0.5, 0.6) is 0 Å². The van der Waals surface area contributed by atoms with Crippen LogP contribution < -0.4 is 4.80 Å². The molecule has 0 aliphatic heterocycles. The molecule has 0 aliphatic rings. The second-order valence-electron chi connectivity index (χ2n) is 5.52. The van der Waals surface area contributed by atoms with Crippen LogP contribution in [0.4, 0.5) is 0 Å². The zero-order chi connectivity index (χ0) is 15.9. The molecule has 1 N–H and O–H groups in total. The van der Waals surface area contributed by atoms with Crippen LogP contribution in [0, 0.1) is 26.2 Å². The number of benzene rings is 2. The molecule has 0 unspecified atom stereocenters. The molecule has 0 bridgehead atoms. The summed E-state index contributed by atoms with van der Waals surface area (Å²) in [5, 5.41) is 11.1. The lowest BCUT2D eigenvalue weighted by Crippen LogP contribution is -2.13. The molecule has 0 atom stereocenters. The van der Waals surface area contributed by atoms with Gasteiger partial charge in [-0.3, -0.25) is 9.98 Å². The second kappa shape index (κ2) is 5.75. The van der Waals surface area contributed by atoms with Crippen LogP contribution >= 0.6 is 22.9 Å². The van der Waals surface area contributed by atoms with E-state index in [0.29, 0.717) is 4.80 Å². The van der Waals surface area contributed by atoms with Gasteiger partial charge in [-0.15, -0.1) is 11.3 Å². The van der Waals surface area contributed by atoms with E-state index in [0.717, 1.165) is 27.5 Å². The van der Waals surface area contributed by atoms with E-state index in [1.54, 1.807) is 0 Å². The molecule has 0 saturated carbocycles. The van der Waals surface area contributed by atoms with E-state index in [9.17, 15) is 0 Å². The average molecular weight is 329 g/mol. The normalized spacial score (nSPS) is 10.9. The number of hydrogen-bond acceptors (Lipinski definition) is 2. The summed E-state index contributed by atoms with van der Waals surface area (Å²) in [6.07, 6.45) is 0. The molecular formula is C18H17ClN2S. The van der Waals surface area contributed by atoms with Gasteiger partial charge in [-0.2, -0.15) is 0 Å². The van der Waals surface area contributed by atoms with E-state index < -0.39 is 0 Å². The van der Waals surface area contributed by atoms with Gasteiger partial charge < -0.3 is 0 Å². The van der Waals surface area contributed by atoms with Gasteiger partial charge in [0.05, 0.1) is 11.4 Å². The Morgan fingerprint density at radius 1 is 1.00 bits per heavy atom. The number of aryl methyl sites for hydroxylation is 3. The summed E-state index contributed by atoms with van der Waals surface area (Å²) in [5.41, 5.74) is 6.61. The Balaban J connectivity index is 2.23. The summed E-state index contributed by atoms with van der Waals surface area (Å²) in [4.78, 5) is 0.523. The highest BCUT2D eigenvalue weighted by Gasteiger charge is 2.12. The van der Waals surface area contributed by atoms with Gasteiger partial charge in [0.25, 0.3) is 0 Å². The van der Waals surface area contributed by atoms with Crippen LogP contribution in [-0.4, -0.2) is 4.57 Å². The van der Waals surface area contributed by atoms with Gasteiger partial charge in [0, 0.05) is 10.4 Å². The topological polar surface area (TPSA) is 28.8 Å². The summed E-state index contributed by atoms with van der Waals surface area (Å²) in [6.45, 7) is 6.17. The molecule has 0 aliphatic carbocycles. The van der Waals surface area contributed by atoms with Gasteiger partial charge >= 0.3 is 0 Å². The van der Waals surface area contributed by atoms with Gasteiger partial charge in [-0.05, 0) is 55.7 Å². The highest BCUT2D eigenvalue weighted by molar-refractivity contribution is 7.07. The number of nitrogens with one attached hydrogen (secondary N) is 1. The molecule has 112 valence electrons. The zero-order valence-electron chi connectivity index (χ0n) is 12.8. The van der Waals surface area contributed by atoms with Gasteiger partial charge in [-0.1, -0.05) is 35.4 Å². The second-order valence-corrected chi connectivity index (χ2v) is 6.78. The third kappa shape index (κ3) is 2.62. The quantitative estimate of drug-likeness (QED) is 0.664. The number of thiazole rings is 1. The standard InChI is InChI=1S/C18H17ClN2S/c1-11-4-7-16(13(3)8-11)21-17(10-22-18(21)20)14-5-6-15(19)12(2)9-14/h4-10,20H,1-3H3. The number of aromatic nitrogens is 1. The van der Waals surface area contributed by atoms with Crippen molar-refractivity contribution in [1.82, 2.24) is 4.57 Å². The Morgan fingerprint density at radius 3 is 2.45 bits per heavy atom. The maximum Gasteiger partial charge on any atom is 0.187 e. The zero-order valence-corrected chi connectivity index (χ0v) is 14.3. The molecule has 1 aromatic heterocycles. The fourth-order valence-electron chi connectivity index (χ4n) is 2.62. The van der Waals surface area contributed by atoms with Crippen molar-refractivity contribution in [3.8, 4) is 16.9 Å². The van der Waals surface area contributed by atoms with Gasteiger partial charge in [-0.25, -0.2) is 0 Å². The molecule has 0 fully saturated rings. The maximum atomic E-state index is 8.28. The fraction of sp³-hybridized carbons (Fsp3) is 0.167. The molecule has 0 spiro atoms. The maximum absolute atomic E-state index is 8.28. The third-order valence-corrected chi connectivity index (χ3v) is 4.94. The Labute approximate surface area is 139 Å². The highest BCUT2D eigenvalue weighted by Crippen LogP contribution is 2.28. The van der Waals surface area contributed by atoms with Crippen molar-refractivity contribution in [3.05, 3.63) is 68.3 Å². The molecule has 22 heavy (non-hydrogen) atoms. The minimum Gasteiger partial charge on any atom is -0.285 e. The van der Waals surface area contributed by atoms with E-state index in [1.165, 1.54) is 22.5 Å². The largest absolute Gasteiger partial charge is 0.285 e. The van der Waals surface area contributed by atoms with Gasteiger partial charge in [0.1, 0.15) is 0 Å². The SMILES string of the molecule is Cc1ccc(-n2c(-c3ccc(Cl)c(C)c3)csc2=N)c(C)c1. The summed E-state index contributed by atoms with van der Waals surface area (Å²) in [5.74, 6) is 0. The molecule has 0 radical (unpaired) electrons. The predicted molar refractivity (Wildman–Crippen MR) is 94.2 cm³/mol.